The molecule has 1 aliphatic heterocycles. The molecule has 3 N–H and O–H groups in total. The molecule has 4 nitrogen and oxygen atoms in total. The molecule has 0 amide bonds. The molecule has 0 spiro atoms. The van der Waals surface area contributed by atoms with Crippen molar-refractivity contribution in [1.82, 2.24) is 4.98 Å². The predicted octanol–water partition coefficient (Wildman–Crippen LogP) is 2.80. The van der Waals surface area contributed by atoms with Gasteiger partial charge in [0.05, 0.1) is 17.7 Å². The van der Waals surface area contributed by atoms with Crippen LogP contribution in [0, 0.1) is 0 Å². The Morgan fingerprint density at radius 1 is 1.37 bits per heavy atom. The molecule has 1 aromatic carbocycles. The van der Waals surface area contributed by atoms with E-state index in [2.05, 4.69) is 17.2 Å². The summed E-state index contributed by atoms with van der Waals surface area (Å²) in [6.07, 6.45) is 4.03. The van der Waals surface area contributed by atoms with E-state index in [9.17, 15) is 0 Å². The summed E-state index contributed by atoms with van der Waals surface area (Å²) in [5.41, 5.74) is 8.55. The van der Waals surface area contributed by atoms with Crippen LogP contribution >= 0.6 is 0 Å². The lowest BCUT2D eigenvalue weighted by atomic mass is 9.94. The number of benzene rings is 1. The van der Waals surface area contributed by atoms with E-state index in [1.807, 2.05) is 30.5 Å². The van der Waals surface area contributed by atoms with E-state index in [1.54, 1.807) is 0 Å². The van der Waals surface area contributed by atoms with Crippen molar-refractivity contribution in [2.24, 2.45) is 0 Å². The van der Waals surface area contributed by atoms with Crippen molar-refractivity contribution in [2.75, 3.05) is 24.3 Å². The Hall–Kier alpha value is -1.81. The Kier molecular flexibility index (Phi) is 3.03. The minimum atomic E-state index is -0.00603. The average Bonchev–Trinajstić information content (AvgIpc) is 2.39. The summed E-state index contributed by atoms with van der Waals surface area (Å²) < 4.78 is 5.59. The SMILES string of the molecule is CC1(Nc2ccnc3cc(N)ccc23)CCCOC1. The highest BCUT2D eigenvalue weighted by atomic mass is 16.5. The zero-order valence-electron chi connectivity index (χ0n) is 11.1. The van der Waals surface area contributed by atoms with Crippen molar-refractivity contribution in [2.45, 2.75) is 25.3 Å². The molecule has 19 heavy (non-hydrogen) atoms. The van der Waals surface area contributed by atoms with Gasteiger partial charge in [0.1, 0.15) is 0 Å². The van der Waals surface area contributed by atoms with Gasteiger partial charge in [0.25, 0.3) is 0 Å². The fraction of sp³-hybridized carbons (Fsp3) is 0.400. The van der Waals surface area contributed by atoms with E-state index >= 15 is 0 Å². The Balaban J connectivity index is 1.96. The van der Waals surface area contributed by atoms with Crippen molar-refractivity contribution >= 4 is 22.3 Å². The van der Waals surface area contributed by atoms with Crippen molar-refractivity contribution in [3.63, 3.8) is 0 Å². The van der Waals surface area contributed by atoms with Crippen LogP contribution in [0.5, 0.6) is 0 Å². The number of aromatic nitrogens is 1. The molecule has 1 fully saturated rings. The molecular formula is C15H19N3O. The van der Waals surface area contributed by atoms with Crippen LogP contribution in [0.25, 0.3) is 10.9 Å². The summed E-state index contributed by atoms with van der Waals surface area (Å²) in [5, 5.41) is 4.71. The number of rotatable bonds is 2. The Labute approximate surface area is 113 Å². The summed E-state index contributed by atoms with van der Waals surface area (Å²) in [5.74, 6) is 0. The zero-order chi connectivity index (χ0) is 13.3. The number of hydrogen-bond donors (Lipinski definition) is 2. The number of hydrogen-bond acceptors (Lipinski definition) is 4. The van der Waals surface area contributed by atoms with E-state index in [0.29, 0.717) is 0 Å². The molecule has 0 radical (unpaired) electrons. The third kappa shape index (κ3) is 2.49. The third-order valence-corrected chi connectivity index (χ3v) is 3.64. The highest BCUT2D eigenvalue weighted by Gasteiger charge is 2.27. The van der Waals surface area contributed by atoms with Crippen LogP contribution < -0.4 is 11.1 Å². The summed E-state index contributed by atoms with van der Waals surface area (Å²) in [6, 6.07) is 7.85. The first-order valence-electron chi connectivity index (χ1n) is 6.66. The maximum atomic E-state index is 5.80. The second-order valence-corrected chi connectivity index (χ2v) is 5.48. The van der Waals surface area contributed by atoms with E-state index < -0.39 is 0 Å². The van der Waals surface area contributed by atoms with Gasteiger partial charge >= 0.3 is 0 Å². The number of nitrogens with two attached hydrogens (primary N) is 1. The molecule has 3 rings (SSSR count). The number of nitrogens with zero attached hydrogens (tertiary/aromatic N) is 1. The van der Waals surface area contributed by atoms with Gasteiger partial charge < -0.3 is 15.8 Å². The Morgan fingerprint density at radius 2 is 2.26 bits per heavy atom. The molecule has 1 atom stereocenters. The first kappa shape index (κ1) is 12.2. The van der Waals surface area contributed by atoms with Gasteiger partial charge in [-0.25, -0.2) is 0 Å². The zero-order valence-corrected chi connectivity index (χ0v) is 11.1. The van der Waals surface area contributed by atoms with Crippen LogP contribution in [-0.4, -0.2) is 23.7 Å². The minimum absolute atomic E-state index is 0.00603. The molecule has 4 heteroatoms. The van der Waals surface area contributed by atoms with Crippen LogP contribution in [-0.2, 0) is 4.74 Å². The van der Waals surface area contributed by atoms with E-state index in [-0.39, 0.29) is 5.54 Å². The summed E-state index contributed by atoms with van der Waals surface area (Å²) in [4.78, 5) is 4.37. The van der Waals surface area contributed by atoms with Gasteiger partial charge in [0.15, 0.2) is 0 Å². The number of nitrogens with one attached hydrogen (secondary N) is 1. The largest absolute Gasteiger partial charge is 0.399 e. The number of pyridine rings is 1. The van der Waals surface area contributed by atoms with Gasteiger partial charge in [-0.1, -0.05) is 0 Å². The maximum absolute atomic E-state index is 5.80. The molecule has 1 unspecified atom stereocenters. The fourth-order valence-corrected chi connectivity index (χ4v) is 2.63. The highest BCUT2D eigenvalue weighted by molar-refractivity contribution is 5.92. The van der Waals surface area contributed by atoms with Gasteiger partial charge in [0, 0.05) is 29.6 Å². The molecular weight excluding hydrogens is 238 g/mol. The molecule has 1 aliphatic rings. The highest BCUT2D eigenvalue weighted by Crippen LogP contribution is 2.29. The van der Waals surface area contributed by atoms with Crippen molar-refractivity contribution in [3.8, 4) is 0 Å². The predicted molar refractivity (Wildman–Crippen MR) is 78.2 cm³/mol. The number of anilines is 2. The molecule has 2 aromatic rings. The number of ether oxygens (including phenoxy) is 1. The second-order valence-electron chi connectivity index (χ2n) is 5.48. The van der Waals surface area contributed by atoms with Crippen LogP contribution in [0.15, 0.2) is 30.5 Å². The summed E-state index contributed by atoms with van der Waals surface area (Å²) >= 11 is 0. The smallest absolute Gasteiger partial charge is 0.0743 e. The van der Waals surface area contributed by atoms with Crippen LogP contribution in [0.3, 0.4) is 0 Å². The van der Waals surface area contributed by atoms with Crippen LogP contribution in [0.1, 0.15) is 19.8 Å². The van der Waals surface area contributed by atoms with Gasteiger partial charge in [-0.3, -0.25) is 4.98 Å². The first-order chi connectivity index (χ1) is 9.16. The lowest BCUT2D eigenvalue weighted by Crippen LogP contribution is -2.43. The maximum Gasteiger partial charge on any atom is 0.0743 e. The molecule has 0 aliphatic carbocycles. The molecule has 2 heterocycles. The van der Waals surface area contributed by atoms with Gasteiger partial charge in [0.2, 0.25) is 0 Å². The van der Waals surface area contributed by atoms with Gasteiger partial charge in [-0.15, -0.1) is 0 Å². The number of nitrogen functional groups attached to an aromatic ring is 1. The summed E-state index contributed by atoms with van der Waals surface area (Å²) in [6.45, 7) is 3.81. The van der Waals surface area contributed by atoms with Crippen LogP contribution in [0.2, 0.25) is 0 Å². The molecule has 0 bridgehead atoms. The normalized spacial score (nSPS) is 23.4. The van der Waals surface area contributed by atoms with Gasteiger partial charge in [-0.05, 0) is 44.0 Å². The van der Waals surface area contributed by atoms with E-state index in [0.717, 1.165) is 48.3 Å². The Morgan fingerprint density at radius 3 is 3.05 bits per heavy atom. The van der Waals surface area contributed by atoms with Crippen LogP contribution in [0.4, 0.5) is 11.4 Å². The standard InChI is InChI=1S/C15H19N3O/c1-15(6-2-8-19-10-15)18-13-5-7-17-14-9-11(16)3-4-12(13)14/h3-5,7,9H,2,6,8,10,16H2,1H3,(H,17,18). The average molecular weight is 257 g/mol. The molecule has 0 saturated carbocycles. The van der Waals surface area contributed by atoms with Gasteiger partial charge in [-0.2, -0.15) is 0 Å². The number of fused-ring (bicyclic) bond motifs is 1. The lowest BCUT2D eigenvalue weighted by molar-refractivity contribution is 0.0541. The molecule has 1 saturated heterocycles. The lowest BCUT2D eigenvalue weighted by Gasteiger charge is -2.35. The van der Waals surface area contributed by atoms with Crippen molar-refractivity contribution in [1.29, 1.82) is 0 Å². The second kappa shape index (κ2) is 4.70. The van der Waals surface area contributed by atoms with Crippen molar-refractivity contribution in [3.05, 3.63) is 30.5 Å². The summed E-state index contributed by atoms with van der Waals surface area (Å²) in [7, 11) is 0. The monoisotopic (exact) mass is 257 g/mol. The topological polar surface area (TPSA) is 60.2 Å². The quantitative estimate of drug-likeness (QED) is 0.812. The van der Waals surface area contributed by atoms with Crippen molar-refractivity contribution < 1.29 is 4.74 Å². The molecule has 100 valence electrons. The fourth-order valence-electron chi connectivity index (χ4n) is 2.63. The third-order valence-electron chi connectivity index (χ3n) is 3.64. The first-order valence-corrected chi connectivity index (χ1v) is 6.66. The Bertz CT molecular complexity index is 591. The van der Waals surface area contributed by atoms with E-state index in [1.165, 1.54) is 0 Å². The molecule has 1 aromatic heterocycles. The van der Waals surface area contributed by atoms with E-state index in [4.69, 9.17) is 10.5 Å². The minimum Gasteiger partial charge on any atom is -0.399 e.